The molecule has 21 heavy (non-hydrogen) atoms. The Balaban J connectivity index is 2.66. The van der Waals surface area contributed by atoms with Crippen molar-refractivity contribution in [2.75, 3.05) is 19.6 Å². The molecule has 0 spiro atoms. The molecule has 1 heterocycles. The van der Waals surface area contributed by atoms with Crippen LogP contribution in [0.4, 0.5) is 4.39 Å². The summed E-state index contributed by atoms with van der Waals surface area (Å²) in [5.41, 5.74) is 1.41. The Kier molecular flexibility index (Phi) is 5.47. The van der Waals surface area contributed by atoms with E-state index < -0.39 is 5.82 Å². The van der Waals surface area contributed by atoms with E-state index in [2.05, 4.69) is 23.4 Å². The maximum atomic E-state index is 13.7. The quantitative estimate of drug-likeness (QED) is 0.730. The third kappa shape index (κ3) is 3.33. The minimum absolute atomic E-state index is 0.0970. The predicted octanol–water partition coefficient (Wildman–Crippen LogP) is 4.45. The Labute approximate surface area is 134 Å². The molecule has 0 bridgehead atoms. The van der Waals surface area contributed by atoms with Gasteiger partial charge in [0.25, 0.3) is 0 Å². The molecule has 0 radical (unpaired) electrons. The van der Waals surface area contributed by atoms with Crippen molar-refractivity contribution >= 4 is 34.2 Å². The van der Waals surface area contributed by atoms with E-state index in [0.717, 1.165) is 11.3 Å². The summed E-state index contributed by atoms with van der Waals surface area (Å²) in [7, 11) is 1.67. The first-order valence-corrected chi connectivity index (χ1v) is 7.81. The van der Waals surface area contributed by atoms with Crippen LogP contribution in [0.15, 0.2) is 12.1 Å². The number of rotatable bonds is 6. The molecule has 0 amide bonds. The van der Waals surface area contributed by atoms with Crippen molar-refractivity contribution in [2.45, 2.75) is 26.3 Å². The van der Waals surface area contributed by atoms with E-state index in [4.69, 9.17) is 27.9 Å². The highest BCUT2D eigenvalue weighted by Gasteiger charge is 2.22. The van der Waals surface area contributed by atoms with E-state index in [1.807, 2.05) is 0 Å². The third-order valence-corrected chi connectivity index (χ3v) is 4.04. The molecular formula is C15H19Cl2FN2O. The van der Waals surface area contributed by atoms with Crippen LogP contribution in [-0.2, 0) is 11.2 Å². The molecule has 0 N–H and O–H groups in total. The van der Waals surface area contributed by atoms with Crippen LogP contribution < -0.4 is 0 Å². The Bertz CT molecular complexity index is 628. The van der Waals surface area contributed by atoms with Crippen molar-refractivity contribution in [1.82, 2.24) is 9.55 Å². The van der Waals surface area contributed by atoms with Gasteiger partial charge in [-0.05, 0) is 12.0 Å². The van der Waals surface area contributed by atoms with Gasteiger partial charge in [-0.3, -0.25) is 0 Å². The van der Waals surface area contributed by atoms with Gasteiger partial charge in [0.1, 0.15) is 11.6 Å². The lowest BCUT2D eigenvalue weighted by atomic mass is 10.0. The second-order valence-electron chi connectivity index (χ2n) is 5.36. The van der Waals surface area contributed by atoms with Gasteiger partial charge in [0.05, 0.1) is 28.7 Å². The predicted molar refractivity (Wildman–Crippen MR) is 84.9 cm³/mol. The van der Waals surface area contributed by atoms with Gasteiger partial charge in [0.15, 0.2) is 0 Å². The van der Waals surface area contributed by atoms with Crippen molar-refractivity contribution in [3.05, 3.63) is 28.8 Å². The van der Waals surface area contributed by atoms with Crippen molar-refractivity contribution in [1.29, 1.82) is 0 Å². The summed E-state index contributed by atoms with van der Waals surface area (Å²) in [6.45, 7) is 4.78. The Morgan fingerprint density at radius 3 is 2.67 bits per heavy atom. The molecule has 0 fully saturated rings. The molecule has 1 atom stereocenters. The summed E-state index contributed by atoms with van der Waals surface area (Å²) >= 11 is 11.8. The normalized spacial score (nSPS) is 13.3. The summed E-state index contributed by atoms with van der Waals surface area (Å²) in [6.07, 6.45) is 0.613. The summed E-state index contributed by atoms with van der Waals surface area (Å²) in [6, 6.07) is 3.10. The highest BCUT2D eigenvalue weighted by Crippen LogP contribution is 2.30. The van der Waals surface area contributed by atoms with Crippen LogP contribution in [-0.4, -0.2) is 29.1 Å². The molecular weight excluding hydrogens is 314 g/mol. The first kappa shape index (κ1) is 16.5. The summed E-state index contributed by atoms with van der Waals surface area (Å²) in [5.74, 6) is 1.16. The van der Waals surface area contributed by atoms with E-state index in [0.29, 0.717) is 30.3 Å². The number of aromatic nitrogens is 2. The van der Waals surface area contributed by atoms with Crippen LogP contribution in [0.3, 0.4) is 0 Å². The molecule has 0 saturated carbocycles. The zero-order chi connectivity index (χ0) is 15.6. The average Bonchev–Trinajstić information content (AvgIpc) is 2.74. The first-order chi connectivity index (χ1) is 9.99. The number of benzene rings is 1. The lowest BCUT2D eigenvalue weighted by Crippen LogP contribution is -2.22. The minimum atomic E-state index is -0.459. The molecule has 0 aliphatic heterocycles. The molecule has 1 unspecified atom stereocenters. The summed E-state index contributed by atoms with van der Waals surface area (Å²) in [5, 5.41) is 0.0981. The Morgan fingerprint density at radius 2 is 2.10 bits per heavy atom. The fourth-order valence-corrected chi connectivity index (χ4v) is 2.83. The third-order valence-electron chi connectivity index (χ3n) is 3.56. The Hall–Kier alpha value is -0.840. The number of methoxy groups -OCH3 is 1. The Morgan fingerprint density at radius 1 is 1.38 bits per heavy atom. The van der Waals surface area contributed by atoms with E-state index in [-0.39, 0.29) is 11.1 Å². The molecule has 0 aliphatic rings. The second-order valence-corrected chi connectivity index (χ2v) is 6.14. The van der Waals surface area contributed by atoms with Gasteiger partial charge in [0, 0.05) is 25.5 Å². The van der Waals surface area contributed by atoms with Crippen LogP contribution in [0, 0.1) is 11.7 Å². The van der Waals surface area contributed by atoms with Crippen molar-refractivity contribution in [2.24, 2.45) is 5.92 Å². The summed E-state index contributed by atoms with van der Waals surface area (Å²) < 4.78 is 21.1. The minimum Gasteiger partial charge on any atom is -0.383 e. The van der Waals surface area contributed by atoms with Crippen molar-refractivity contribution < 1.29 is 9.13 Å². The van der Waals surface area contributed by atoms with Gasteiger partial charge < -0.3 is 9.30 Å². The summed E-state index contributed by atoms with van der Waals surface area (Å²) in [4.78, 5) is 4.51. The number of hydrogen-bond acceptors (Lipinski definition) is 2. The van der Waals surface area contributed by atoms with Crippen LogP contribution >= 0.6 is 23.2 Å². The highest BCUT2D eigenvalue weighted by molar-refractivity contribution is 6.31. The standard InChI is InChI=1S/C15H19Cl2FN2O/c1-9(2)14(8-21-3)20-13-6-10(17)11(18)7-12(13)19-15(20)4-5-16/h6-7,9,14H,4-5,8H2,1-3H3. The largest absolute Gasteiger partial charge is 0.383 e. The smallest absolute Gasteiger partial charge is 0.144 e. The number of aryl methyl sites for hydroxylation is 1. The van der Waals surface area contributed by atoms with Crippen LogP contribution in [0.1, 0.15) is 25.7 Å². The fraction of sp³-hybridized carbons (Fsp3) is 0.533. The molecule has 3 nitrogen and oxygen atoms in total. The SMILES string of the molecule is COCC(C(C)C)n1c(CCCl)nc2cc(F)c(Cl)cc21. The molecule has 116 valence electrons. The monoisotopic (exact) mass is 332 g/mol. The van der Waals surface area contributed by atoms with E-state index in [9.17, 15) is 4.39 Å². The number of hydrogen-bond donors (Lipinski definition) is 0. The number of alkyl halides is 1. The number of imidazole rings is 1. The van der Waals surface area contributed by atoms with Crippen molar-refractivity contribution in [3.8, 4) is 0 Å². The molecule has 0 aliphatic carbocycles. The maximum absolute atomic E-state index is 13.7. The van der Waals surface area contributed by atoms with E-state index in [1.165, 1.54) is 6.07 Å². The average molecular weight is 333 g/mol. The van der Waals surface area contributed by atoms with Crippen LogP contribution in [0.5, 0.6) is 0 Å². The molecule has 1 aromatic heterocycles. The van der Waals surface area contributed by atoms with Gasteiger partial charge in [-0.1, -0.05) is 25.4 Å². The van der Waals surface area contributed by atoms with Gasteiger partial charge >= 0.3 is 0 Å². The molecule has 0 saturated heterocycles. The lowest BCUT2D eigenvalue weighted by molar-refractivity contribution is 0.133. The van der Waals surface area contributed by atoms with Gasteiger partial charge in [-0.25, -0.2) is 9.37 Å². The number of ether oxygens (including phenoxy) is 1. The zero-order valence-corrected chi connectivity index (χ0v) is 13.9. The van der Waals surface area contributed by atoms with Gasteiger partial charge in [-0.15, -0.1) is 11.6 Å². The highest BCUT2D eigenvalue weighted by atomic mass is 35.5. The number of halogens is 3. The number of nitrogens with zero attached hydrogens (tertiary/aromatic N) is 2. The molecule has 1 aromatic carbocycles. The molecule has 2 rings (SSSR count). The lowest BCUT2D eigenvalue weighted by Gasteiger charge is -2.24. The van der Waals surface area contributed by atoms with E-state index >= 15 is 0 Å². The molecule has 6 heteroatoms. The maximum Gasteiger partial charge on any atom is 0.144 e. The van der Waals surface area contributed by atoms with Gasteiger partial charge in [0.2, 0.25) is 0 Å². The second kappa shape index (κ2) is 6.95. The zero-order valence-electron chi connectivity index (χ0n) is 12.4. The van der Waals surface area contributed by atoms with Gasteiger partial charge in [-0.2, -0.15) is 0 Å². The topological polar surface area (TPSA) is 27.1 Å². The van der Waals surface area contributed by atoms with Crippen LogP contribution in [0.2, 0.25) is 5.02 Å². The van der Waals surface area contributed by atoms with E-state index in [1.54, 1.807) is 13.2 Å². The fourth-order valence-electron chi connectivity index (χ4n) is 2.51. The molecule has 2 aromatic rings. The number of fused-ring (bicyclic) bond motifs is 1. The first-order valence-electron chi connectivity index (χ1n) is 6.90. The van der Waals surface area contributed by atoms with Crippen LogP contribution in [0.25, 0.3) is 11.0 Å². The van der Waals surface area contributed by atoms with Crippen molar-refractivity contribution in [3.63, 3.8) is 0 Å².